The Kier molecular flexibility index (Phi) is 4.24. The third-order valence-electron chi connectivity index (χ3n) is 4.93. The van der Waals surface area contributed by atoms with E-state index in [1.807, 2.05) is 4.90 Å². The van der Waals surface area contributed by atoms with Gasteiger partial charge in [0.2, 0.25) is 17.7 Å². The van der Waals surface area contributed by atoms with Crippen LogP contribution in [-0.2, 0) is 14.4 Å². The fraction of sp³-hybridized carbons (Fsp3) is 0.800. The minimum Gasteiger partial charge on any atom is -0.342 e. The molecule has 3 rings (SSSR count). The average Bonchev–Trinajstić information content (AvgIpc) is 2.86. The number of amides is 3. The van der Waals surface area contributed by atoms with Crippen molar-refractivity contribution in [1.29, 1.82) is 0 Å². The van der Waals surface area contributed by atoms with Crippen molar-refractivity contribution in [3.63, 3.8) is 0 Å². The van der Waals surface area contributed by atoms with Gasteiger partial charge in [0.05, 0.1) is 12.5 Å². The highest BCUT2D eigenvalue weighted by atomic mass is 16.2. The van der Waals surface area contributed by atoms with E-state index in [1.54, 1.807) is 0 Å². The molecule has 0 aromatic heterocycles. The van der Waals surface area contributed by atoms with E-state index in [0.29, 0.717) is 5.91 Å². The normalized spacial score (nSPS) is 28.8. The Bertz CT molecular complexity index is 437. The molecular formula is C15H23N3O3. The Labute approximate surface area is 124 Å². The van der Waals surface area contributed by atoms with Gasteiger partial charge in [-0.05, 0) is 45.2 Å². The fourth-order valence-electron chi connectivity index (χ4n) is 3.67. The van der Waals surface area contributed by atoms with Crippen LogP contribution in [0.1, 0.15) is 38.5 Å². The zero-order valence-electron chi connectivity index (χ0n) is 12.3. The summed E-state index contributed by atoms with van der Waals surface area (Å²) in [7, 11) is 0. The summed E-state index contributed by atoms with van der Waals surface area (Å²) in [4.78, 5) is 39.5. The van der Waals surface area contributed by atoms with E-state index in [1.165, 1.54) is 6.42 Å². The molecule has 6 heteroatoms. The van der Waals surface area contributed by atoms with Gasteiger partial charge in [-0.15, -0.1) is 0 Å². The topological polar surface area (TPSA) is 69.7 Å². The van der Waals surface area contributed by atoms with Gasteiger partial charge in [0.15, 0.2) is 0 Å². The van der Waals surface area contributed by atoms with Crippen LogP contribution in [-0.4, -0.2) is 59.7 Å². The number of carbonyl (C=O) groups is 3. The summed E-state index contributed by atoms with van der Waals surface area (Å²) in [6.07, 6.45) is 5.33. The Balaban J connectivity index is 1.51. The SMILES string of the molecule is O=C1C[C@@H](N2CCC(C(=O)N3CCCCC3)CC2)C(=O)N1. The second-order valence-corrected chi connectivity index (χ2v) is 6.33. The minimum atomic E-state index is -0.316. The first kappa shape index (κ1) is 14.5. The molecule has 116 valence electrons. The molecule has 3 heterocycles. The van der Waals surface area contributed by atoms with E-state index in [-0.39, 0.29) is 30.2 Å². The lowest BCUT2D eigenvalue weighted by atomic mass is 9.93. The maximum Gasteiger partial charge on any atom is 0.244 e. The third kappa shape index (κ3) is 3.10. The summed E-state index contributed by atoms with van der Waals surface area (Å²) in [6, 6.07) is -0.316. The van der Waals surface area contributed by atoms with Crippen LogP contribution in [0, 0.1) is 5.92 Å². The molecule has 0 saturated carbocycles. The van der Waals surface area contributed by atoms with Crippen LogP contribution < -0.4 is 5.32 Å². The quantitative estimate of drug-likeness (QED) is 0.735. The molecule has 0 spiro atoms. The molecule has 3 aliphatic heterocycles. The summed E-state index contributed by atoms with van der Waals surface area (Å²) in [5.41, 5.74) is 0. The second kappa shape index (κ2) is 6.13. The van der Waals surface area contributed by atoms with E-state index < -0.39 is 0 Å². The number of hydrogen-bond donors (Lipinski definition) is 1. The fourth-order valence-corrected chi connectivity index (χ4v) is 3.67. The van der Waals surface area contributed by atoms with E-state index in [2.05, 4.69) is 10.2 Å². The smallest absolute Gasteiger partial charge is 0.244 e. The van der Waals surface area contributed by atoms with Gasteiger partial charge in [-0.1, -0.05) is 0 Å². The van der Waals surface area contributed by atoms with Crippen LogP contribution in [0.25, 0.3) is 0 Å². The van der Waals surface area contributed by atoms with Crippen LogP contribution in [0.5, 0.6) is 0 Å². The maximum absolute atomic E-state index is 12.5. The van der Waals surface area contributed by atoms with Gasteiger partial charge in [0, 0.05) is 19.0 Å². The second-order valence-electron chi connectivity index (χ2n) is 6.33. The van der Waals surface area contributed by atoms with Crippen molar-refractivity contribution < 1.29 is 14.4 Å². The number of piperidine rings is 2. The molecule has 0 radical (unpaired) electrons. The molecule has 0 aromatic rings. The number of imide groups is 1. The lowest BCUT2D eigenvalue weighted by Crippen LogP contribution is -2.48. The van der Waals surface area contributed by atoms with Crippen LogP contribution >= 0.6 is 0 Å². The Morgan fingerprint density at radius 2 is 1.67 bits per heavy atom. The van der Waals surface area contributed by atoms with E-state index in [0.717, 1.165) is 51.9 Å². The number of carbonyl (C=O) groups excluding carboxylic acids is 3. The number of hydrogen-bond acceptors (Lipinski definition) is 4. The number of nitrogens with zero attached hydrogens (tertiary/aromatic N) is 2. The van der Waals surface area contributed by atoms with E-state index in [4.69, 9.17) is 0 Å². The molecular weight excluding hydrogens is 270 g/mol. The summed E-state index contributed by atoms with van der Waals surface area (Å²) >= 11 is 0. The minimum absolute atomic E-state index is 0.0968. The molecule has 0 aromatic carbocycles. The predicted octanol–water partition coefficient (Wildman–Crippen LogP) is 0.126. The standard InChI is InChI=1S/C15H23N3O3/c19-13-10-12(14(20)16-13)17-8-4-11(5-9-17)15(21)18-6-2-1-3-7-18/h11-12H,1-10H2,(H,16,19,20)/t12-/m1/s1. The molecule has 0 bridgehead atoms. The number of rotatable bonds is 2. The first-order valence-electron chi connectivity index (χ1n) is 8.01. The first-order valence-corrected chi connectivity index (χ1v) is 8.01. The molecule has 0 aliphatic carbocycles. The lowest BCUT2D eigenvalue weighted by Gasteiger charge is -2.37. The summed E-state index contributed by atoms with van der Waals surface area (Å²) in [6.45, 7) is 3.27. The summed E-state index contributed by atoms with van der Waals surface area (Å²) in [5.74, 6) is 0.0261. The zero-order chi connectivity index (χ0) is 14.8. The molecule has 3 aliphatic rings. The maximum atomic E-state index is 12.5. The van der Waals surface area contributed by atoms with Gasteiger partial charge in [-0.2, -0.15) is 0 Å². The largest absolute Gasteiger partial charge is 0.342 e. The predicted molar refractivity (Wildman–Crippen MR) is 76.3 cm³/mol. The summed E-state index contributed by atoms with van der Waals surface area (Å²) in [5, 5.41) is 2.36. The molecule has 1 N–H and O–H groups in total. The van der Waals surface area contributed by atoms with Crippen molar-refractivity contribution in [2.24, 2.45) is 5.92 Å². The van der Waals surface area contributed by atoms with E-state index >= 15 is 0 Å². The first-order chi connectivity index (χ1) is 10.1. The number of likely N-dealkylation sites (tertiary alicyclic amines) is 2. The van der Waals surface area contributed by atoms with Crippen molar-refractivity contribution >= 4 is 17.7 Å². The van der Waals surface area contributed by atoms with Gasteiger partial charge in [-0.25, -0.2) is 0 Å². The molecule has 6 nitrogen and oxygen atoms in total. The van der Waals surface area contributed by atoms with E-state index in [9.17, 15) is 14.4 Å². The average molecular weight is 293 g/mol. The molecule has 3 fully saturated rings. The lowest BCUT2D eigenvalue weighted by molar-refractivity contribution is -0.138. The third-order valence-corrected chi connectivity index (χ3v) is 4.93. The van der Waals surface area contributed by atoms with Crippen molar-refractivity contribution in [3.05, 3.63) is 0 Å². The van der Waals surface area contributed by atoms with Crippen molar-refractivity contribution in [2.75, 3.05) is 26.2 Å². The van der Waals surface area contributed by atoms with Crippen molar-refractivity contribution in [3.8, 4) is 0 Å². The highest BCUT2D eigenvalue weighted by Gasteiger charge is 2.38. The Hall–Kier alpha value is -1.43. The Morgan fingerprint density at radius 1 is 1.00 bits per heavy atom. The van der Waals surface area contributed by atoms with Gasteiger partial charge in [0.25, 0.3) is 0 Å². The zero-order valence-corrected chi connectivity index (χ0v) is 12.3. The number of nitrogens with one attached hydrogen (secondary N) is 1. The van der Waals surface area contributed by atoms with Crippen LogP contribution in [0.3, 0.4) is 0 Å². The van der Waals surface area contributed by atoms with Crippen molar-refractivity contribution in [2.45, 2.75) is 44.6 Å². The van der Waals surface area contributed by atoms with Crippen LogP contribution in [0.4, 0.5) is 0 Å². The summed E-state index contributed by atoms with van der Waals surface area (Å²) < 4.78 is 0. The molecule has 1 atom stereocenters. The molecule has 0 unspecified atom stereocenters. The van der Waals surface area contributed by atoms with Gasteiger partial charge in [-0.3, -0.25) is 24.6 Å². The van der Waals surface area contributed by atoms with Crippen molar-refractivity contribution in [1.82, 2.24) is 15.1 Å². The monoisotopic (exact) mass is 293 g/mol. The molecule has 21 heavy (non-hydrogen) atoms. The van der Waals surface area contributed by atoms with Gasteiger partial charge in [0.1, 0.15) is 0 Å². The highest BCUT2D eigenvalue weighted by molar-refractivity contribution is 6.05. The van der Waals surface area contributed by atoms with Crippen LogP contribution in [0.15, 0.2) is 0 Å². The van der Waals surface area contributed by atoms with Crippen LogP contribution in [0.2, 0.25) is 0 Å². The molecule has 3 amide bonds. The molecule has 3 saturated heterocycles. The highest BCUT2D eigenvalue weighted by Crippen LogP contribution is 2.24. The van der Waals surface area contributed by atoms with Gasteiger partial charge < -0.3 is 4.90 Å². The Morgan fingerprint density at radius 3 is 2.24 bits per heavy atom. The van der Waals surface area contributed by atoms with Gasteiger partial charge >= 0.3 is 0 Å².